The molecule has 0 saturated carbocycles. The average molecular weight is 338 g/mol. The summed E-state index contributed by atoms with van der Waals surface area (Å²) in [7, 11) is 1.39. The molecule has 0 aromatic carbocycles. The van der Waals surface area contributed by atoms with Crippen LogP contribution in [0.2, 0.25) is 0 Å². The first-order chi connectivity index (χ1) is 10.9. The first-order valence-corrected chi connectivity index (χ1v) is 7.77. The molecule has 3 aliphatic heterocycles. The van der Waals surface area contributed by atoms with Gasteiger partial charge < -0.3 is 20.3 Å². The number of rotatable bonds is 3. The summed E-state index contributed by atoms with van der Waals surface area (Å²) in [6, 6.07) is -0.690. The Kier molecular flexibility index (Phi) is 3.69. The van der Waals surface area contributed by atoms with Gasteiger partial charge >= 0.3 is 11.9 Å². The molecule has 0 bridgehead atoms. The third kappa shape index (κ3) is 2.23. The number of hydrogen-bond donors (Lipinski definition) is 2. The van der Waals surface area contributed by atoms with Gasteiger partial charge in [-0.3, -0.25) is 9.69 Å². The molecule has 3 N–H and O–H groups in total. The van der Waals surface area contributed by atoms with Crippen LogP contribution >= 0.6 is 11.8 Å². The smallest absolute Gasteiger partial charge is 0.352 e. The Bertz CT molecular complexity index is 723. The fourth-order valence-corrected chi connectivity index (χ4v) is 3.91. The number of ether oxygens (including phenoxy) is 2. The SMILES string of the molecule is COC1=C(C)C(=O)O/C1=C\C1=C(C(=O)O)N2C(=O)[C@@H](N)[C@H]2SC1. The minimum absolute atomic E-state index is 0.135. The summed E-state index contributed by atoms with van der Waals surface area (Å²) in [6.45, 7) is 1.55. The van der Waals surface area contributed by atoms with Crippen molar-refractivity contribution in [3.05, 3.63) is 34.4 Å². The van der Waals surface area contributed by atoms with E-state index in [1.807, 2.05) is 0 Å². The fraction of sp³-hybridized carbons (Fsp3) is 0.357. The lowest BCUT2D eigenvalue weighted by atomic mass is 10.0. The van der Waals surface area contributed by atoms with Crippen LogP contribution in [-0.4, -0.2) is 52.1 Å². The standard InChI is InChI=1S/C14H14N2O6S/c1-5-10(21-2)7(22-14(5)20)3-6-4-23-12-8(15)11(17)16(12)9(6)13(18)19/h3,8,12H,4,15H2,1-2H3,(H,18,19)/b7-3-/t8-,12-/m1/s1. The molecule has 3 aliphatic rings. The average Bonchev–Trinajstić information content (AvgIpc) is 2.79. The molecule has 0 aromatic heterocycles. The van der Waals surface area contributed by atoms with Crippen LogP contribution in [0.5, 0.6) is 0 Å². The van der Waals surface area contributed by atoms with Crippen LogP contribution in [0.3, 0.4) is 0 Å². The summed E-state index contributed by atoms with van der Waals surface area (Å²) in [5.41, 5.74) is 6.22. The highest BCUT2D eigenvalue weighted by molar-refractivity contribution is 8.00. The van der Waals surface area contributed by atoms with E-state index in [0.29, 0.717) is 16.9 Å². The predicted octanol–water partition coefficient (Wildman–Crippen LogP) is -0.0714. The Morgan fingerprint density at radius 2 is 2.22 bits per heavy atom. The highest BCUT2D eigenvalue weighted by Crippen LogP contribution is 2.40. The summed E-state index contributed by atoms with van der Waals surface area (Å²) in [6.07, 6.45) is 1.43. The van der Waals surface area contributed by atoms with Crippen molar-refractivity contribution in [1.82, 2.24) is 4.90 Å². The van der Waals surface area contributed by atoms with Crippen LogP contribution in [0.4, 0.5) is 0 Å². The van der Waals surface area contributed by atoms with Crippen LogP contribution in [0, 0.1) is 0 Å². The van der Waals surface area contributed by atoms with Crippen molar-refractivity contribution in [2.45, 2.75) is 18.3 Å². The number of methoxy groups -OCH3 is 1. The molecule has 0 aromatic rings. The van der Waals surface area contributed by atoms with Gasteiger partial charge in [0, 0.05) is 5.75 Å². The predicted molar refractivity (Wildman–Crippen MR) is 79.6 cm³/mol. The van der Waals surface area contributed by atoms with Gasteiger partial charge in [0.15, 0.2) is 11.5 Å². The van der Waals surface area contributed by atoms with E-state index >= 15 is 0 Å². The third-order valence-electron chi connectivity index (χ3n) is 3.82. The number of thioether (sulfide) groups is 1. The zero-order valence-electron chi connectivity index (χ0n) is 12.4. The number of aliphatic carboxylic acids is 1. The Balaban J connectivity index is 2.04. The first-order valence-electron chi connectivity index (χ1n) is 6.72. The summed E-state index contributed by atoms with van der Waals surface area (Å²) in [5.74, 6) is -1.48. The lowest BCUT2D eigenvalue weighted by Gasteiger charge is -2.47. The second-order valence-corrected chi connectivity index (χ2v) is 6.28. The zero-order valence-corrected chi connectivity index (χ0v) is 13.2. The molecular weight excluding hydrogens is 324 g/mol. The van der Waals surface area contributed by atoms with Crippen molar-refractivity contribution < 1.29 is 29.0 Å². The number of carbonyl (C=O) groups excluding carboxylic acids is 2. The van der Waals surface area contributed by atoms with Crippen LogP contribution in [0.15, 0.2) is 34.4 Å². The molecule has 3 rings (SSSR count). The number of nitrogens with zero attached hydrogens (tertiary/aromatic N) is 1. The molecule has 122 valence electrons. The van der Waals surface area contributed by atoms with Gasteiger partial charge in [0.2, 0.25) is 5.91 Å². The molecule has 8 nitrogen and oxygen atoms in total. The quantitative estimate of drug-likeness (QED) is 0.542. The van der Waals surface area contributed by atoms with E-state index in [1.165, 1.54) is 29.8 Å². The zero-order chi connectivity index (χ0) is 16.9. The van der Waals surface area contributed by atoms with Crippen molar-refractivity contribution in [2.24, 2.45) is 5.73 Å². The van der Waals surface area contributed by atoms with E-state index in [-0.39, 0.29) is 22.6 Å². The van der Waals surface area contributed by atoms with Crippen LogP contribution in [0.25, 0.3) is 0 Å². The first kappa shape index (κ1) is 15.6. The molecule has 0 spiro atoms. The largest absolute Gasteiger partial charge is 0.492 e. The van der Waals surface area contributed by atoms with Gasteiger partial charge in [-0.15, -0.1) is 11.8 Å². The highest BCUT2D eigenvalue weighted by atomic mass is 32.2. The summed E-state index contributed by atoms with van der Waals surface area (Å²) < 4.78 is 10.2. The van der Waals surface area contributed by atoms with Crippen molar-refractivity contribution >= 4 is 29.6 Å². The molecule has 0 radical (unpaired) electrons. The lowest BCUT2D eigenvalue weighted by Crippen LogP contribution is -2.68. The van der Waals surface area contributed by atoms with Crippen molar-refractivity contribution in [3.63, 3.8) is 0 Å². The molecule has 0 aliphatic carbocycles. The second kappa shape index (κ2) is 5.43. The number of carbonyl (C=O) groups is 3. The molecule has 0 unspecified atom stereocenters. The van der Waals surface area contributed by atoms with Crippen molar-refractivity contribution in [2.75, 3.05) is 12.9 Å². The second-order valence-electron chi connectivity index (χ2n) is 5.17. The van der Waals surface area contributed by atoms with Gasteiger partial charge in [0.05, 0.1) is 12.7 Å². The maximum Gasteiger partial charge on any atom is 0.352 e. The summed E-state index contributed by atoms with van der Waals surface area (Å²) >= 11 is 1.36. The van der Waals surface area contributed by atoms with Gasteiger partial charge in [-0.25, -0.2) is 9.59 Å². The van der Waals surface area contributed by atoms with E-state index in [4.69, 9.17) is 15.2 Å². The number of fused-ring (bicyclic) bond motifs is 1. The van der Waals surface area contributed by atoms with Gasteiger partial charge in [0.1, 0.15) is 17.1 Å². The molecule has 2 atom stereocenters. The molecule has 3 heterocycles. The molecular formula is C14H14N2O6S. The molecule has 1 saturated heterocycles. The number of esters is 1. The third-order valence-corrected chi connectivity index (χ3v) is 5.15. The van der Waals surface area contributed by atoms with E-state index < -0.39 is 23.9 Å². The Morgan fingerprint density at radius 3 is 2.83 bits per heavy atom. The maximum atomic E-state index is 11.9. The van der Waals surface area contributed by atoms with E-state index in [2.05, 4.69) is 0 Å². The number of β-lactam (4-membered cyclic amide) rings is 1. The topological polar surface area (TPSA) is 119 Å². The monoisotopic (exact) mass is 338 g/mol. The van der Waals surface area contributed by atoms with Crippen molar-refractivity contribution in [3.8, 4) is 0 Å². The van der Waals surface area contributed by atoms with E-state index in [0.717, 1.165) is 0 Å². The van der Waals surface area contributed by atoms with Gasteiger partial charge in [-0.05, 0) is 18.6 Å². The maximum absolute atomic E-state index is 11.9. The van der Waals surface area contributed by atoms with Gasteiger partial charge in [-0.2, -0.15) is 0 Å². The summed E-state index contributed by atoms with van der Waals surface area (Å²) in [5, 5.41) is 9.08. The number of amides is 1. The van der Waals surface area contributed by atoms with Crippen LogP contribution in [-0.2, 0) is 23.9 Å². The lowest BCUT2D eigenvalue weighted by molar-refractivity contribution is -0.147. The molecule has 23 heavy (non-hydrogen) atoms. The van der Waals surface area contributed by atoms with E-state index in [1.54, 1.807) is 6.92 Å². The number of cyclic esters (lactones) is 1. The fourth-order valence-electron chi connectivity index (χ4n) is 2.66. The number of carboxylic acids is 1. The molecule has 9 heteroatoms. The number of hydrogen-bond acceptors (Lipinski definition) is 7. The summed E-state index contributed by atoms with van der Waals surface area (Å²) in [4.78, 5) is 36.2. The Hall–Kier alpha value is -2.26. The number of allylic oxidation sites excluding steroid dienone is 1. The minimum atomic E-state index is -1.23. The van der Waals surface area contributed by atoms with E-state index in [9.17, 15) is 19.5 Å². The molecule has 1 fully saturated rings. The van der Waals surface area contributed by atoms with Crippen LogP contribution in [0.1, 0.15) is 6.92 Å². The van der Waals surface area contributed by atoms with Crippen LogP contribution < -0.4 is 5.73 Å². The number of carboxylic acid groups (broad SMARTS) is 1. The number of nitrogens with two attached hydrogens (primary N) is 1. The highest BCUT2D eigenvalue weighted by Gasteiger charge is 2.51. The normalized spacial score (nSPS) is 28.8. The minimum Gasteiger partial charge on any atom is -0.492 e. The molecule has 1 amide bonds. The van der Waals surface area contributed by atoms with Gasteiger partial charge in [0.25, 0.3) is 0 Å². The van der Waals surface area contributed by atoms with Crippen molar-refractivity contribution in [1.29, 1.82) is 0 Å². The Morgan fingerprint density at radius 1 is 1.52 bits per heavy atom. The Labute approximate surface area is 135 Å². The van der Waals surface area contributed by atoms with Gasteiger partial charge in [-0.1, -0.05) is 0 Å².